The quantitative estimate of drug-likeness (QED) is 0.479. The summed E-state index contributed by atoms with van der Waals surface area (Å²) in [6.07, 6.45) is 3.12. The highest BCUT2D eigenvalue weighted by Crippen LogP contribution is 2.31. The lowest BCUT2D eigenvalue weighted by atomic mass is 9.99. The van der Waals surface area contributed by atoms with Gasteiger partial charge in [-0.15, -0.1) is 0 Å². The number of carbonyl (C=O) groups excluding carboxylic acids is 1. The Bertz CT molecular complexity index is 1330. The molecule has 2 heterocycles. The molecule has 8 heteroatoms. The number of amides is 1. The number of aromatic amines is 1. The lowest BCUT2D eigenvalue weighted by Gasteiger charge is -2.27. The van der Waals surface area contributed by atoms with E-state index in [1.54, 1.807) is 12.1 Å². The summed E-state index contributed by atoms with van der Waals surface area (Å²) in [7, 11) is 0. The van der Waals surface area contributed by atoms with Crippen LogP contribution >= 0.6 is 12.2 Å². The average molecular weight is 480 g/mol. The Morgan fingerprint density at radius 1 is 1.09 bits per heavy atom. The van der Waals surface area contributed by atoms with Crippen molar-refractivity contribution in [1.29, 1.82) is 0 Å². The van der Waals surface area contributed by atoms with E-state index in [0.29, 0.717) is 48.7 Å². The second-order valence-electron chi connectivity index (χ2n) is 8.03. The number of ether oxygens (including phenoxy) is 2. The van der Waals surface area contributed by atoms with E-state index < -0.39 is 0 Å². The second-order valence-corrected chi connectivity index (χ2v) is 8.42. The van der Waals surface area contributed by atoms with E-state index >= 15 is 0 Å². The van der Waals surface area contributed by atoms with Gasteiger partial charge in [0.1, 0.15) is 0 Å². The van der Waals surface area contributed by atoms with E-state index in [9.17, 15) is 9.59 Å². The van der Waals surface area contributed by atoms with Gasteiger partial charge in [-0.2, -0.15) is 0 Å². The smallest absolute Gasteiger partial charge is 0.262 e. The maximum Gasteiger partial charge on any atom is 0.262 e. The Morgan fingerprint density at radius 2 is 1.79 bits per heavy atom. The zero-order valence-corrected chi connectivity index (χ0v) is 20.3. The Labute approximate surface area is 203 Å². The van der Waals surface area contributed by atoms with Crippen LogP contribution in [-0.4, -0.2) is 46.7 Å². The second kappa shape index (κ2) is 10.7. The summed E-state index contributed by atoms with van der Waals surface area (Å²) in [5.74, 6) is 1.07. The fraction of sp³-hybridized carbons (Fsp3) is 0.346. The Kier molecular flexibility index (Phi) is 7.47. The zero-order chi connectivity index (χ0) is 24.1. The van der Waals surface area contributed by atoms with Crippen LogP contribution in [0.1, 0.15) is 32.3 Å². The van der Waals surface area contributed by atoms with Gasteiger partial charge in [0.25, 0.3) is 5.56 Å². The van der Waals surface area contributed by atoms with Crippen LogP contribution in [-0.2, 0) is 11.3 Å². The summed E-state index contributed by atoms with van der Waals surface area (Å²) in [6.45, 7) is 6.14. The third kappa shape index (κ3) is 5.07. The molecule has 0 saturated heterocycles. The predicted octanol–water partition coefficient (Wildman–Crippen LogP) is 4.56. The number of hydrogen-bond acceptors (Lipinski definition) is 5. The van der Waals surface area contributed by atoms with Gasteiger partial charge in [-0.25, -0.2) is 0 Å². The molecular weight excluding hydrogens is 450 g/mol. The standard InChI is InChI=1S/C26H29N3O4S/c1-3-32-22-16-20-21(17-23(22)33-4-2)27-26(34)29(25(20)31)15-12-24(30)28-13-10-19(11-14-28)18-8-6-5-7-9-18/h5-10,16-17H,3-4,11-15H2,1-2H3,(H,27,34). The molecule has 7 nitrogen and oxygen atoms in total. The molecule has 1 aliphatic heterocycles. The minimum absolute atomic E-state index is 0.00598. The number of aromatic nitrogens is 2. The summed E-state index contributed by atoms with van der Waals surface area (Å²) < 4.78 is 13.0. The van der Waals surface area contributed by atoms with Gasteiger partial charge in [0.05, 0.1) is 24.1 Å². The highest BCUT2D eigenvalue weighted by molar-refractivity contribution is 7.71. The van der Waals surface area contributed by atoms with Crippen LogP contribution in [0.25, 0.3) is 16.5 Å². The summed E-state index contributed by atoms with van der Waals surface area (Å²) in [6, 6.07) is 13.6. The van der Waals surface area contributed by atoms with Crippen molar-refractivity contribution in [3.05, 3.63) is 69.2 Å². The summed E-state index contributed by atoms with van der Waals surface area (Å²) in [5, 5.41) is 0.446. The SMILES string of the molecule is CCOc1cc2[nH]c(=S)n(CCC(=O)N3CC=C(c4ccccc4)CC3)c(=O)c2cc1OCC. The van der Waals surface area contributed by atoms with Crippen molar-refractivity contribution in [3.63, 3.8) is 0 Å². The van der Waals surface area contributed by atoms with Crippen LogP contribution in [0, 0.1) is 4.77 Å². The van der Waals surface area contributed by atoms with E-state index in [1.807, 2.05) is 36.9 Å². The van der Waals surface area contributed by atoms with E-state index in [0.717, 1.165) is 6.42 Å². The minimum Gasteiger partial charge on any atom is -0.490 e. The number of rotatable bonds is 8. The van der Waals surface area contributed by atoms with Crippen LogP contribution in [0.4, 0.5) is 0 Å². The average Bonchev–Trinajstić information content (AvgIpc) is 2.85. The number of fused-ring (bicyclic) bond motifs is 1. The molecule has 178 valence electrons. The third-order valence-corrected chi connectivity index (χ3v) is 6.22. The lowest BCUT2D eigenvalue weighted by Crippen LogP contribution is -2.36. The molecule has 1 aliphatic rings. The van der Waals surface area contributed by atoms with E-state index in [-0.39, 0.29) is 29.2 Å². The van der Waals surface area contributed by atoms with Crippen LogP contribution < -0.4 is 15.0 Å². The highest BCUT2D eigenvalue weighted by Gasteiger charge is 2.19. The van der Waals surface area contributed by atoms with E-state index in [2.05, 4.69) is 23.2 Å². The Morgan fingerprint density at radius 3 is 2.44 bits per heavy atom. The van der Waals surface area contributed by atoms with Gasteiger partial charge in [0.15, 0.2) is 16.3 Å². The first kappa shape index (κ1) is 23.8. The van der Waals surface area contributed by atoms with Crippen LogP contribution in [0.5, 0.6) is 11.5 Å². The van der Waals surface area contributed by atoms with Crippen molar-refractivity contribution < 1.29 is 14.3 Å². The molecule has 0 saturated carbocycles. The monoisotopic (exact) mass is 479 g/mol. The molecule has 1 amide bonds. The van der Waals surface area contributed by atoms with Crippen molar-refractivity contribution in [2.45, 2.75) is 33.2 Å². The molecule has 1 aromatic heterocycles. The lowest BCUT2D eigenvalue weighted by molar-refractivity contribution is -0.131. The molecule has 0 atom stereocenters. The van der Waals surface area contributed by atoms with Gasteiger partial charge in [0, 0.05) is 32.1 Å². The minimum atomic E-state index is -0.250. The molecule has 0 spiro atoms. The first-order valence-corrected chi connectivity index (χ1v) is 12.0. The van der Waals surface area contributed by atoms with Gasteiger partial charge in [-0.3, -0.25) is 14.2 Å². The molecule has 34 heavy (non-hydrogen) atoms. The van der Waals surface area contributed by atoms with Crippen molar-refractivity contribution in [2.24, 2.45) is 0 Å². The molecular formula is C26H29N3O4S. The molecule has 2 aromatic carbocycles. The van der Waals surface area contributed by atoms with Gasteiger partial charge in [-0.05, 0) is 49.7 Å². The maximum absolute atomic E-state index is 13.2. The fourth-order valence-corrected chi connectivity index (χ4v) is 4.46. The largest absolute Gasteiger partial charge is 0.490 e. The van der Waals surface area contributed by atoms with Gasteiger partial charge >= 0.3 is 0 Å². The predicted molar refractivity (Wildman–Crippen MR) is 136 cm³/mol. The number of hydrogen-bond donors (Lipinski definition) is 1. The van der Waals surface area contributed by atoms with Gasteiger partial charge in [-0.1, -0.05) is 36.4 Å². The molecule has 0 fully saturated rings. The number of carbonyl (C=O) groups is 1. The van der Waals surface area contributed by atoms with E-state index in [1.165, 1.54) is 15.7 Å². The first-order chi connectivity index (χ1) is 16.5. The molecule has 0 unspecified atom stereocenters. The van der Waals surface area contributed by atoms with E-state index in [4.69, 9.17) is 21.7 Å². The van der Waals surface area contributed by atoms with Crippen molar-refractivity contribution in [3.8, 4) is 11.5 Å². The van der Waals surface area contributed by atoms with Crippen molar-refractivity contribution in [1.82, 2.24) is 14.5 Å². The van der Waals surface area contributed by atoms with Gasteiger partial charge in [0.2, 0.25) is 5.91 Å². The third-order valence-electron chi connectivity index (χ3n) is 5.90. The van der Waals surface area contributed by atoms with Crippen LogP contribution in [0.3, 0.4) is 0 Å². The summed E-state index contributed by atoms with van der Waals surface area (Å²) >= 11 is 5.44. The molecule has 0 radical (unpaired) electrons. The topological polar surface area (TPSA) is 76.6 Å². The number of H-pyrrole nitrogens is 1. The first-order valence-electron chi connectivity index (χ1n) is 11.6. The number of nitrogens with zero attached hydrogens (tertiary/aromatic N) is 2. The normalized spacial score (nSPS) is 13.6. The Hall–Kier alpha value is -3.39. The van der Waals surface area contributed by atoms with Crippen LogP contribution in [0.2, 0.25) is 0 Å². The maximum atomic E-state index is 13.2. The summed E-state index contributed by atoms with van der Waals surface area (Å²) in [4.78, 5) is 31.0. The molecule has 4 rings (SSSR count). The molecule has 0 bridgehead atoms. The van der Waals surface area contributed by atoms with Crippen LogP contribution in [0.15, 0.2) is 53.3 Å². The molecule has 1 N–H and O–H groups in total. The molecule has 3 aromatic rings. The Balaban J connectivity index is 1.50. The fourth-order valence-electron chi connectivity index (χ4n) is 4.18. The number of benzene rings is 2. The van der Waals surface area contributed by atoms with Crippen molar-refractivity contribution in [2.75, 3.05) is 26.3 Å². The van der Waals surface area contributed by atoms with Crippen molar-refractivity contribution >= 4 is 34.6 Å². The van der Waals surface area contributed by atoms with Gasteiger partial charge < -0.3 is 19.4 Å². The molecule has 0 aliphatic carbocycles. The highest BCUT2D eigenvalue weighted by atomic mass is 32.1. The number of nitrogens with one attached hydrogen (secondary N) is 1. The summed E-state index contributed by atoms with van der Waals surface area (Å²) in [5.41, 5.74) is 2.79. The zero-order valence-electron chi connectivity index (χ0n) is 19.5.